The Bertz CT molecular complexity index is 2370. The Morgan fingerprint density at radius 3 is 2.32 bits per heavy atom. The summed E-state index contributed by atoms with van der Waals surface area (Å²) in [5, 5.41) is 12.9. The van der Waals surface area contributed by atoms with Gasteiger partial charge in [0.15, 0.2) is 5.82 Å². The molecule has 4 aromatic rings. The summed E-state index contributed by atoms with van der Waals surface area (Å²) in [5.41, 5.74) is 5.38. The van der Waals surface area contributed by atoms with E-state index in [0.29, 0.717) is 30.0 Å². The van der Waals surface area contributed by atoms with Crippen LogP contribution in [0.3, 0.4) is 0 Å². The van der Waals surface area contributed by atoms with E-state index < -0.39 is 35.7 Å². The number of amides is 5. The Balaban J connectivity index is 0.840. The first-order valence-electron chi connectivity index (χ1n) is 19.5. The summed E-state index contributed by atoms with van der Waals surface area (Å²) in [6.45, 7) is 10.5. The molecule has 3 saturated heterocycles. The lowest BCUT2D eigenvalue weighted by Gasteiger charge is -2.43. The zero-order valence-corrected chi connectivity index (χ0v) is 33.5. The number of carbonyl (C=O) groups is 5. The summed E-state index contributed by atoms with van der Waals surface area (Å²) in [6.07, 6.45) is 2.23. The number of halogens is 1. The van der Waals surface area contributed by atoms with Gasteiger partial charge >= 0.3 is 0 Å². The lowest BCUT2D eigenvalue weighted by atomic mass is 9.99. The number of nitrogens with one attached hydrogen (secondary N) is 1. The van der Waals surface area contributed by atoms with Crippen molar-refractivity contribution < 1.29 is 24.0 Å². The third kappa shape index (κ3) is 6.54. The molecule has 2 aromatic heterocycles. The fraction of sp³-hybridized carbons (Fsp3) is 0.415. The second kappa shape index (κ2) is 14.6. The Labute approximate surface area is 338 Å². The molecule has 2 aromatic carbocycles. The quantitative estimate of drug-likeness (QED) is 0.280. The molecular weight excluding hydrogens is 766 g/mol. The molecule has 5 aliphatic rings. The topological polar surface area (TPSA) is 153 Å². The van der Waals surface area contributed by atoms with Gasteiger partial charge in [0.1, 0.15) is 22.9 Å². The van der Waals surface area contributed by atoms with Crippen LogP contribution in [0.5, 0.6) is 0 Å². The molecule has 1 N–H and O–H groups in total. The normalized spacial score (nSPS) is 21.6. The largest absolute Gasteiger partial charge is 0.371 e. The van der Waals surface area contributed by atoms with Gasteiger partial charge in [0.25, 0.3) is 11.8 Å². The maximum Gasteiger partial charge on any atom is 0.262 e. The Morgan fingerprint density at radius 2 is 1.60 bits per heavy atom. The van der Waals surface area contributed by atoms with Gasteiger partial charge in [-0.05, 0) is 75.9 Å². The number of rotatable bonds is 6. The van der Waals surface area contributed by atoms with Crippen LogP contribution in [0.25, 0.3) is 5.00 Å². The Hall–Kier alpha value is -5.25. The average molecular weight is 808 g/mol. The number of fused-ring (bicyclic) bond motifs is 4. The molecule has 0 spiro atoms. The molecule has 9 rings (SSSR count). The van der Waals surface area contributed by atoms with E-state index in [2.05, 4.69) is 43.7 Å². The lowest BCUT2D eigenvalue weighted by Crippen LogP contribution is -2.54. The van der Waals surface area contributed by atoms with Gasteiger partial charge in [-0.1, -0.05) is 23.7 Å². The molecule has 2 atom stereocenters. The van der Waals surface area contributed by atoms with E-state index in [-0.39, 0.29) is 36.3 Å². The standard InChI is InChI=1S/C41H42ClN9O5S/c1-22-23(2)57-41-35(22)36(25-4-6-26(42)7-5-25)43-31(37-46-45-24(3)50(37)41)21-34(53)49-18-16-48(17-19-49)27-12-14-47(15-13-27)28-8-9-29-30(20-28)40(56)51(39(29)55)32-10-11-33(52)44-38(32)54/h4-9,20,27,31-32H,10-19,21H2,1-3H3,(H,44,52,54)/t31-,32?/m0/s1. The number of piperazine rings is 1. The van der Waals surface area contributed by atoms with E-state index >= 15 is 0 Å². The van der Waals surface area contributed by atoms with Crippen LogP contribution in [-0.4, -0.2) is 116 Å². The highest BCUT2D eigenvalue weighted by Crippen LogP contribution is 2.40. The number of nitrogens with zero attached hydrogens (tertiary/aromatic N) is 8. The second-order valence-corrected chi connectivity index (χ2v) is 17.1. The van der Waals surface area contributed by atoms with Crippen molar-refractivity contribution in [2.45, 2.75) is 71.0 Å². The van der Waals surface area contributed by atoms with Crippen LogP contribution in [0, 0.1) is 20.8 Å². The summed E-state index contributed by atoms with van der Waals surface area (Å²) < 4.78 is 2.07. The van der Waals surface area contributed by atoms with Gasteiger partial charge in [0.2, 0.25) is 17.7 Å². The minimum atomic E-state index is -0.988. The van der Waals surface area contributed by atoms with E-state index in [0.717, 1.165) is 82.8 Å². The summed E-state index contributed by atoms with van der Waals surface area (Å²) in [7, 11) is 0. The van der Waals surface area contributed by atoms with Gasteiger partial charge in [0, 0.05) is 78.4 Å². The molecule has 7 heterocycles. The highest BCUT2D eigenvalue weighted by atomic mass is 35.5. The van der Waals surface area contributed by atoms with Crippen molar-refractivity contribution in [1.82, 2.24) is 34.8 Å². The summed E-state index contributed by atoms with van der Waals surface area (Å²) >= 11 is 7.96. The van der Waals surface area contributed by atoms with Crippen LogP contribution < -0.4 is 10.2 Å². The molecule has 0 radical (unpaired) electrons. The van der Waals surface area contributed by atoms with Gasteiger partial charge in [0.05, 0.1) is 23.3 Å². The SMILES string of the molecule is Cc1sc2c(c1C)C(c1ccc(Cl)cc1)=N[C@@H](CC(=O)N1CCN(C3CCN(c4ccc5c(c4)C(=O)N(C4CCC(=O)NC4=O)C5=O)CC3)CC1)c1nnc(C)n1-2. The number of aryl methyl sites for hydroxylation is 2. The van der Waals surface area contributed by atoms with Crippen molar-refractivity contribution in [3.63, 3.8) is 0 Å². The molecule has 16 heteroatoms. The molecule has 0 aliphatic carbocycles. The van der Waals surface area contributed by atoms with Crippen LogP contribution in [0.1, 0.15) is 92.1 Å². The van der Waals surface area contributed by atoms with Crippen LogP contribution in [-0.2, 0) is 14.4 Å². The van der Waals surface area contributed by atoms with Crippen molar-refractivity contribution in [3.05, 3.63) is 91.8 Å². The first kappa shape index (κ1) is 37.3. The molecule has 14 nitrogen and oxygen atoms in total. The number of carbonyl (C=O) groups excluding carboxylic acids is 5. The van der Waals surface area contributed by atoms with Crippen molar-refractivity contribution in [3.8, 4) is 5.00 Å². The third-order valence-electron chi connectivity index (χ3n) is 12.2. The van der Waals surface area contributed by atoms with E-state index in [9.17, 15) is 24.0 Å². The second-order valence-electron chi connectivity index (χ2n) is 15.4. The number of hydrogen-bond donors (Lipinski definition) is 1. The van der Waals surface area contributed by atoms with Crippen LogP contribution in [0.2, 0.25) is 5.02 Å². The molecule has 294 valence electrons. The zero-order valence-electron chi connectivity index (χ0n) is 32.0. The molecule has 1 unspecified atom stereocenters. The lowest BCUT2D eigenvalue weighted by molar-refractivity contribution is -0.136. The summed E-state index contributed by atoms with van der Waals surface area (Å²) in [4.78, 5) is 78.9. The fourth-order valence-electron chi connectivity index (χ4n) is 8.91. The number of benzene rings is 2. The number of hydrogen-bond acceptors (Lipinski definition) is 11. The highest BCUT2D eigenvalue weighted by molar-refractivity contribution is 7.15. The highest BCUT2D eigenvalue weighted by Gasteiger charge is 2.45. The number of aromatic nitrogens is 3. The smallest absolute Gasteiger partial charge is 0.262 e. The molecular formula is C41H42ClN9O5S. The maximum atomic E-state index is 14.0. The fourth-order valence-corrected chi connectivity index (χ4v) is 10.2. The summed E-state index contributed by atoms with van der Waals surface area (Å²) in [6, 6.07) is 11.8. The Morgan fingerprint density at radius 1 is 0.877 bits per heavy atom. The number of anilines is 1. The van der Waals surface area contributed by atoms with E-state index in [4.69, 9.17) is 16.6 Å². The number of thiophene rings is 1. The van der Waals surface area contributed by atoms with Crippen LogP contribution in [0.4, 0.5) is 5.69 Å². The zero-order chi connectivity index (χ0) is 39.7. The first-order valence-corrected chi connectivity index (χ1v) is 20.6. The monoisotopic (exact) mass is 807 g/mol. The van der Waals surface area contributed by atoms with Gasteiger partial charge in [-0.2, -0.15) is 0 Å². The Kier molecular flexibility index (Phi) is 9.56. The minimum absolute atomic E-state index is 0.0415. The van der Waals surface area contributed by atoms with Gasteiger partial charge in [-0.25, -0.2) is 0 Å². The van der Waals surface area contributed by atoms with Crippen molar-refractivity contribution in [2.75, 3.05) is 44.2 Å². The number of piperidine rings is 2. The van der Waals surface area contributed by atoms with Crippen molar-refractivity contribution in [1.29, 1.82) is 0 Å². The maximum absolute atomic E-state index is 14.0. The van der Waals surface area contributed by atoms with Gasteiger partial charge < -0.3 is 9.80 Å². The molecule has 5 aliphatic heterocycles. The van der Waals surface area contributed by atoms with E-state index in [1.54, 1.807) is 23.5 Å². The molecule has 0 saturated carbocycles. The summed E-state index contributed by atoms with van der Waals surface area (Å²) in [5.74, 6) is -0.549. The van der Waals surface area contributed by atoms with Gasteiger partial charge in [-0.3, -0.25) is 48.6 Å². The van der Waals surface area contributed by atoms with Crippen LogP contribution >= 0.6 is 22.9 Å². The van der Waals surface area contributed by atoms with Crippen LogP contribution in [0.15, 0.2) is 47.5 Å². The predicted molar refractivity (Wildman–Crippen MR) is 214 cm³/mol. The number of aliphatic imine (C=N–C) groups is 1. The average Bonchev–Trinajstić information content (AvgIpc) is 3.79. The van der Waals surface area contributed by atoms with Crippen molar-refractivity contribution in [2.24, 2.45) is 4.99 Å². The molecule has 57 heavy (non-hydrogen) atoms. The van der Waals surface area contributed by atoms with E-state index in [1.165, 1.54) is 4.88 Å². The number of imide groups is 2. The van der Waals surface area contributed by atoms with E-state index in [1.807, 2.05) is 42.2 Å². The third-order valence-corrected chi connectivity index (χ3v) is 13.6. The molecule has 3 fully saturated rings. The predicted octanol–water partition coefficient (Wildman–Crippen LogP) is 4.40. The van der Waals surface area contributed by atoms with Crippen molar-refractivity contribution >= 4 is 63.9 Å². The molecule has 0 bridgehead atoms. The first-order chi connectivity index (χ1) is 27.5. The minimum Gasteiger partial charge on any atom is -0.371 e. The molecule has 5 amide bonds. The van der Waals surface area contributed by atoms with Gasteiger partial charge in [-0.15, -0.1) is 21.5 Å².